The normalized spacial score (nSPS) is 10.0. The molecular weight excluding hydrogens is 204 g/mol. The van der Waals surface area contributed by atoms with Crippen LogP contribution in [0.4, 0.5) is 11.8 Å². The predicted octanol–water partition coefficient (Wildman–Crippen LogP) is 0.600. The number of hydrogen-bond acceptors (Lipinski definition) is 5. The second-order valence-electron chi connectivity index (χ2n) is 2.92. The molecular formula is C8H13ClN4O. The van der Waals surface area contributed by atoms with Crippen LogP contribution in [-0.4, -0.2) is 42.3 Å². The minimum absolute atomic E-state index is 0.0349. The Morgan fingerprint density at radius 2 is 2.21 bits per heavy atom. The first-order chi connectivity index (χ1) is 6.63. The number of hydrogen-bond donors (Lipinski definition) is 2. The SMILES string of the molecule is CN(C)c1cc(Cl)nc(NCCO)n1. The van der Waals surface area contributed by atoms with E-state index in [4.69, 9.17) is 16.7 Å². The second kappa shape index (κ2) is 4.97. The van der Waals surface area contributed by atoms with E-state index < -0.39 is 0 Å². The molecule has 1 aromatic rings. The standard InChI is InChI=1S/C8H13ClN4O/c1-13(2)7-5-6(9)11-8(12-7)10-3-4-14/h5,14H,3-4H2,1-2H3,(H,10,11,12). The molecule has 78 valence electrons. The van der Waals surface area contributed by atoms with Gasteiger partial charge in [-0.1, -0.05) is 11.6 Å². The minimum atomic E-state index is 0.0349. The van der Waals surface area contributed by atoms with Gasteiger partial charge < -0.3 is 15.3 Å². The van der Waals surface area contributed by atoms with Gasteiger partial charge in [0.15, 0.2) is 0 Å². The number of rotatable bonds is 4. The zero-order valence-corrected chi connectivity index (χ0v) is 8.91. The third kappa shape index (κ3) is 3.01. The van der Waals surface area contributed by atoms with Crippen LogP contribution in [0.15, 0.2) is 6.07 Å². The second-order valence-corrected chi connectivity index (χ2v) is 3.30. The maximum absolute atomic E-state index is 8.61. The minimum Gasteiger partial charge on any atom is -0.395 e. The summed E-state index contributed by atoms with van der Waals surface area (Å²) < 4.78 is 0. The van der Waals surface area contributed by atoms with Crippen LogP contribution < -0.4 is 10.2 Å². The Bertz CT molecular complexity index is 305. The summed E-state index contributed by atoms with van der Waals surface area (Å²) >= 11 is 5.79. The van der Waals surface area contributed by atoms with E-state index in [9.17, 15) is 0 Å². The van der Waals surface area contributed by atoms with Crippen LogP contribution in [0.25, 0.3) is 0 Å². The third-order valence-electron chi connectivity index (χ3n) is 1.53. The number of aromatic nitrogens is 2. The fourth-order valence-electron chi connectivity index (χ4n) is 0.882. The monoisotopic (exact) mass is 216 g/mol. The average Bonchev–Trinajstić information content (AvgIpc) is 2.14. The van der Waals surface area contributed by atoms with Crippen LogP contribution in [0.1, 0.15) is 0 Å². The number of halogens is 1. The first kappa shape index (κ1) is 11.0. The number of aliphatic hydroxyl groups excluding tert-OH is 1. The van der Waals surface area contributed by atoms with Crippen molar-refractivity contribution in [3.63, 3.8) is 0 Å². The quantitative estimate of drug-likeness (QED) is 0.722. The zero-order chi connectivity index (χ0) is 10.6. The summed E-state index contributed by atoms with van der Waals surface area (Å²) in [5.74, 6) is 1.15. The fourth-order valence-corrected chi connectivity index (χ4v) is 1.06. The first-order valence-corrected chi connectivity index (χ1v) is 4.58. The summed E-state index contributed by atoms with van der Waals surface area (Å²) in [5.41, 5.74) is 0. The lowest BCUT2D eigenvalue weighted by molar-refractivity contribution is 0.311. The van der Waals surface area contributed by atoms with Crippen molar-refractivity contribution in [3.05, 3.63) is 11.2 Å². The van der Waals surface area contributed by atoms with Gasteiger partial charge in [0.1, 0.15) is 11.0 Å². The van der Waals surface area contributed by atoms with Crippen molar-refractivity contribution in [3.8, 4) is 0 Å². The maximum atomic E-state index is 8.61. The van der Waals surface area contributed by atoms with Crippen LogP contribution in [-0.2, 0) is 0 Å². The molecule has 0 atom stereocenters. The number of nitrogens with one attached hydrogen (secondary N) is 1. The largest absolute Gasteiger partial charge is 0.395 e. The highest BCUT2D eigenvalue weighted by molar-refractivity contribution is 6.29. The van der Waals surface area contributed by atoms with Crippen molar-refractivity contribution in [2.45, 2.75) is 0 Å². The Morgan fingerprint density at radius 3 is 2.79 bits per heavy atom. The molecule has 0 aromatic carbocycles. The van der Waals surface area contributed by atoms with E-state index in [-0.39, 0.29) is 6.61 Å². The maximum Gasteiger partial charge on any atom is 0.226 e. The lowest BCUT2D eigenvalue weighted by Gasteiger charge is -2.12. The molecule has 0 radical (unpaired) electrons. The van der Waals surface area contributed by atoms with Crippen molar-refractivity contribution >= 4 is 23.4 Å². The molecule has 0 unspecified atom stereocenters. The van der Waals surface area contributed by atoms with Crippen molar-refractivity contribution < 1.29 is 5.11 Å². The Hall–Kier alpha value is -1.07. The number of aliphatic hydroxyl groups is 1. The highest BCUT2D eigenvalue weighted by Crippen LogP contribution is 2.15. The molecule has 0 saturated heterocycles. The highest BCUT2D eigenvalue weighted by atomic mass is 35.5. The van der Waals surface area contributed by atoms with Gasteiger partial charge in [-0.25, -0.2) is 4.98 Å². The summed E-state index contributed by atoms with van der Waals surface area (Å²) in [4.78, 5) is 9.97. The van der Waals surface area contributed by atoms with E-state index in [0.29, 0.717) is 17.6 Å². The molecule has 0 amide bonds. The van der Waals surface area contributed by atoms with Gasteiger partial charge >= 0.3 is 0 Å². The fraction of sp³-hybridized carbons (Fsp3) is 0.500. The van der Waals surface area contributed by atoms with Crippen LogP contribution in [0.2, 0.25) is 5.15 Å². The summed E-state index contributed by atoms with van der Waals surface area (Å²) in [7, 11) is 3.74. The number of anilines is 2. The van der Waals surface area contributed by atoms with Gasteiger partial charge in [-0.3, -0.25) is 0 Å². The van der Waals surface area contributed by atoms with E-state index in [1.807, 2.05) is 19.0 Å². The summed E-state index contributed by atoms with van der Waals surface area (Å²) in [6, 6.07) is 1.67. The summed E-state index contributed by atoms with van der Waals surface area (Å²) in [6.45, 7) is 0.445. The van der Waals surface area contributed by atoms with Gasteiger partial charge in [0.2, 0.25) is 5.95 Å². The Labute approximate surface area is 87.7 Å². The Balaban J connectivity index is 2.84. The molecule has 0 aliphatic carbocycles. The van der Waals surface area contributed by atoms with Gasteiger partial charge in [-0.2, -0.15) is 4.98 Å². The zero-order valence-electron chi connectivity index (χ0n) is 8.16. The van der Waals surface area contributed by atoms with E-state index in [0.717, 1.165) is 5.82 Å². The van der Waals surface area contributed by atoms with Gasteiger partial charge in [0, 0.05) is 26.7 Å². The molecule has 0 fully saturated rings. The van der Waals surface area contributed by atoms with Crippen molar-refractivity contribution in [1.82, 2.24) is 9.97 Å². The van der Waals surface area contributed by atoms with Crippen LogP contribution in [0.3, 0.4) is 0 Å². The van der Waals surface area contributed by atoms with Crippen LogP contribution >= 0.6 is 11.6 Å². The summed E-state index contributed by atoms with van der Waals surface area (Å²) in [6.07, 6.45) is 0. The Morgan fingerprint density at radius 1 is 1.50 bits per heavy atom. The molecule has 0 aliphatic heterocycles. The van der Waals surface area contributed by atoms with Gasteiger partial charge in [0.05, 0.1) is 6.61 Å². The van der Waals surface area contributed by atoms with Crippen LogP contribution in [0, 0.1) is 0 Å². The summed E-state index contributed by atoms with van der Waals surface area (Å²) in [5, 5.41) is 11.8. The lowest BCUT2D eigenvalue weighted by atomic mass is 10.5. The van der Waals surface area contributed by atoms with Crippen molar-refractivity contribution in [1.29, 1.82) is 0 Å². The predicted molar refractivity (Wildman–Crippen MR) is 56.9 cm³/mol. The van der Waals surface area contributed by atoms with Crippen LogP contribution in [0.5, 0.6) is 0 Å². The lowest BCUT2D eigenvalue weighted by Crippen LogP contribution is -2.14. The molecule has 1 aromatic heterocycles. The number of nitrogens with zero attached hydrogens (tertiary/aromatic N) is 3. The molecule has 14 heavy (non-hydrogen) atoms. The van der Waals surface area contributed by atoms with E-state index in [1.165, 1.54) is 0 Å². The average molecular weight is 217 g/mol. The molecule has 6 heteroatoms. The van der Waals surface area contributed by atoms with Crippen molar-refractivity contribution in [2.24, 2.45) is 0 Å². The van der Waals surface area contributed by atoms with Gasteiger partial charge in [-0.05, 0) is 0 Å². The molecule has 1 heterocycles. The van der Waals surface area contributed by atoms with Gasteiger partial charge in [0.25, 0.3) is 0 Å². The molecule has 0 aliphatic rings. The van der Waals surface area contributed by atoms with Gasteiger partial charge in [-0.15, -0.1) is 0 Å². The molecule has 0 spiro atoms. The molecule has 0 bridgehead atoms. The first-order valence-electron chi connectivity index (χ1n) is 4.20. The smallest absolute Gasteiger partial charge is 0.226 e. The molecule has 2 N–H and O–H groups in total. The van der Waals surface area contributed by atoms with E-state index >= 15 is 0 Å². The van der Waals surface area contributed by atoms with E-state index in [1.54, 1.807) is 6.07 Å². The Kier molecular flexibility index (Phi) is 3.91. The van der Waals surface area contributed by atoms with Crippen molar-refractivity contribution in [2.75, 3.05) is 37.5 Å². The molecule has 5 nitrogen and oxygen atoms in total. The topological polar surface area (TPSA) is 61.3 Å². The third-order valence-corrected chi connectivity index (χ3v) is 1.73. The highest BCUT2D eigenvalue weighted by Gasteiger charge is 2.03. The van der Waals surface area contributed by atoms with E-state index in [2.05, 4.69) is 15.3 Å². The molecule has 0 saturated carbocycles. The molecule has 1 rings (SSSR count).